The van der Waals surface area contributed by atoms with Crippen LogP contribution in [0.1, 0.15) is 26.7 Å². The highest BCUT2D eigenvalue weighted by Gasteiger charge is 2.10. The molecule has 0 spiro atoms. The lowest BCUT2D eigenvalue weighted by Crippen LogP contribution is -2.24. The van der Waals surface area contributed by atoms with Gasteiger partial charge >= 0.3 is 0 Å². The number of nitrogens with zero attached hydrogens (tertiary/aromatic N) is 5. The molecule has 0 aliphatic rings. The van der Waals surface area contributed by atoms with Crippen LogP contribution in [0.25, 0.3) is 0 Å². The summed E-state index contributed by atoms with van der Waals surface area (Å²) < 4.78 is 0. The van der Waals surface area contributed by atoms with Gasteiger partial charge in [0.05, 0.1) is 0 Å². The minimum absolute atomic E-state index is 0.647. The van der Waals surface area contributed by atoms with E-state index in [4.69, 9.17) is 0 Å². The topological polar surface area (TPSA) is 57.2 Å². The first kappa shape index (κ1) is 14.5. The Kier molecular flexibility index (Phi) is 5.61. The van der Waals surface area contributed by atoms with Gasteiger partial charge in [0, 0.05) is 34.2 Å². The Morgan fingerprint density at radius 3 is 2.17 bits per heavy atom. The van der Waals surface area contributed by atoms with Crippen LogP contribution >= 0.6 is 0 Å². The lowest BCUT2D eigenvalue weighted by Gasteiger charge is -2.19. The number of anilines is 3. The van der Waals surface area contributed by atoms with Crippen LogP contribution in [-0.2, 0) is 0 Å². The first-order valence-electron chi connectivity index (χ1n) is 6.46. The summed E-state index contributed by atoms with van der Waals surface area (Å²) in [6.45, 7) is 6.06. The van der Waals surface area contributed by atoms with Crippen LogP contribution < -0.4 is 15.1 Å². The first-order valence-corrected chi connectivity index (χ1v) is 6.46. The largest absolute Gasteiger partial charge is 0.354 e. The van der Waals surface area contributed by atoms with Crippen molar-refractivity contribution in [1.82, 2.24) is 15.0 Å². The average molecular weight is 252 g/mol. The SMILES string of the molecule is CCCNc1nc(N(C)C)nc(N(C)CCC)n1. The summed E-state index contributed by atoms with van der Waals surface area (Å²) in [5.41, 5.74) is 0. The second-order valence-electron chi connectivity index (χ2n) is 4.50. The van der Waals surface area contributed by atoms with E-state index >= 15 is 0 Å². The molecule has 0 aliphatic heterocycles. The summed E-state index contributed by atoms with van der Waals surface area (Å²) >= 11 is 0. The molecule has 6 heteroatoms. The van der Waals surface area contributed by atoms with Gasteiger partial charge in [-0.15, -0.1) is 0 Å². The highest BCUT2D eigenvalue weighted by molar-refractivity contribution is 5.44. The van der Waals surface area contributed by atoms with E-state index in [1.54, 1.807) is 0 Å². The minimum Gasteiger partial charge on any atom is -0.354 e. The number of hydrogen-bond donors (Lipinski definition) is 1. The molecule has 0 bridgehead atoms. The maximum absolute atomic E-state index is 4.45. The third-order valence-electron chi connectivity index (χ3n) is 2.45. The monoisotopic (exact) mass is 252 g/mol. The van der Waals surface area contributed by atoms with E-state index in [1.165, 1.54) is 0 Å². The van der Waals surface area contributed by atoms with E-state index in [0.717, 1.165) is 25.9 Å². The zero-order valence-corrected chi connectivity index (χ0v) is 12.1. The Bertz CT molecular complexity index is 366. The van der Waals surface area contributed by atoms with E-state index in [-0.39, 0.29) is 0 Å². The van der Waals surface area contributed by atoms with Crippen molar-refractivity contribution in [3.63, 3.8) is 0 Å². The fourth-order valence-corrected chi connectivity index (χ4v) is 1.48. The molecule has 0 fully saturated rings. The first-order chi connectivity index (χ1) is 8.58. The Morgan fingerprint density at radius 2 is 1.61 bits per heavy atom. The number of rotatable bonds is 7. The van der Waals surface area contributed by atoms with Crippen molar-refractivity contribution in [3.8, 4) is 0 Å². The minimum atomic E-state index is 0.647. The van der Waals surface area contributed by atoms with Crippen LogP contribution in [0.4, 0.5) is 17.8 Å². The Morgan fingerprint density at radius 1 is 0.944 bits per heavy atom. The van der Waals surface area contributed by atoms with Gasteiger partial charge < -0.3 is 15.1 Å². The van der Waals surface area contributed by atoms with Gasteiger partial charge in [0.1, 0.15) is 0 Å². The normalized spacial score (nSPS) is 10.3. The Hall–Kier alpha value is -1.59. The van der Waals surface area contributed by atoms with Crippen LogP contribution in [0, 0.1) is 0 Å². The molecule has 1 heterocycles. The van der Waals surface area contributed by atoms with Gasteiger partial charge in [-0.1, -0.05) is 13.8 Å². The summed E-state index contributed by atoms with van der Waals surface area (Å²) in [5, 5.41) is 3.21. The van der Waals surface area contributed by atoms with Gasteiger partial charge in [-0.3, -0.25) is 0 Å². The third-order valence-corrected chi connectivity index (χ3v) is 2.45. The molecule has 0 aliphatic carbocycles. The van der Waals surface area contributed by atoms with Crippen LogP contribution in [0.15, 0.2) is 0 Å². The van der Waals surface area contributed by atoms with E-state index < -0.39 is 0 Å². The van der Waals surface area contributed by atoms with Gasteiger partial charge in [-0.05, 0) is 12.8 Å². The second kappa shape index (κ2) is 6.98. The molecule has 1 aromatic heterocycles. The molecule has 0 atom stereocenters. The van der Waals surface area contributed by atoms with Crippen LogP contribution in [0.3, 0.4) is 0 Å². The predicted molar refractivity (Wildman–Crippen MR) is 76.5 cm³/mol. The maximum Gasteiger partial charge on any atom is 0.231 e. The third kappa shape index (κ3) is 4.01. The van der Waals surface area contributed by atoms with Crippen molar-refractivity contribution in [2.45, 2.75) is 26.7 Å². The molecule has 0 saturated heterocycles. The maximum atomic E-state index is 4.45. The highest BCUT2D eigenvalue weighted by atomic mass is 15.3. The van der Waals surface area contributed by atoms with Gasteiger partial charge in [-0.2, -0.15) is 15.0 Å². The zero-order chi connectivity index (χ0) is 13.5. The van der Waals surface area contributed by atoms with E-state index in [1.807, 2.05) is 30.9 Å². The van der Waals surface area contributed by atoms with Crippen LogP contribution in [0.2, 0.25) is 0 Å². The summed E-state index contributed by atoms with van der Waals surface area (Å²) in [7, 11) is 5.87. The lowest BCUT2D eigenvalue weighted by molar-refractivity contribution is 0.804. The average Bonchev–Trinajstić information content (AvgIpc) is 2.36. The number of nitrogens with one attached hydrogen (secondary N) is 1. The van der Waals surface area contributed by atoms with E-state index in [0.29, 0.717) is 17.8 Å². The number of aromatic nitrogens is 3. The molecule has 0 radical (unpaired) electrons. The quantitative estimate of drug-likeness (QED) is 0.795. The molecule has 0 unspecified atom stereocenters. The molecule has 0 amide bonds. The van der Waals surface area contributed by atoms with E-state index in [9.17, 15) is 0 Å². The summed E-state index contributed by atoms with van der Waals surface area (Å²) in [4.78, 5) is 17.2. The summed E-state index contributed by atoms with van der Waals surface area (Å²) in [6, 6.07) is 0. The predicted octanol–water partition coefficient (Wildman–Crippen LogP) is 1.61. The van der Waals surface area contributed by atoms with Crippen molar-refractivity contribution in [1.29, 1.82) is 0 Å². The molecule has 102 valence electrons. The molecule has 1 N–H and O–H groups in total. The summed E-state index contributed by atoms with van der Waals surface area (Å²) in [5.74, 6) is 2.05. The van der Waals surface area contributed by atoms with Crippen molar-refractivity contribution in [2.24, 2.45) is 0 Å². The molecule has 1 rings (SSSR count). The smallest absolute Gasteiger partial charge is 0.231 e. The molecular formula is C12H24N6. The highest BCUT2D eigenvalue weighted by Crippen LogP contribution is 2.14. The fourth-order valence-electron chi connectivity index (χ4n) is 1.48. The number of hydrogen-bond acceptors (Lipinski definition) is 6. The van der Waals surface area contributed by atoms with Crippen molar-refractivity contribution >= 4 is 17.8 Å². The zero-order valence-electron chi connectivity index (χ0n) is 12.1. The molecule has 0 aromatic carbocycles. The fraction of sp³-hybridized carbons (Fsp3) is 0.750. The van der Waals surface area contributed by atoms with Crippen molar-refractivity contribution in [2.75, 3.05) is 49.3 Å². The standard InChI is InChI=1S/C12H24N6/c1-6-8-13-10-14-11(17(3)4)16-12(15-10)18(5)9-7-2/h6-9H2,1-5H3,(H,13,14,15,16). The van der Waals surface area contributed by atoms with Crippen molar-refractivity contribution < 1.29 is 0 Å². The van der Waals surface area contributed by atoms with E-state index in [2.05, 4.69) is 34.1 Å². The molecule has 6 nitrogen and oxygen atoms in total. The van der Waals surface area contributed by atoms with Gasteiger partial charge in [-0.25, -0.2) is 0 Å². The van der Waals surface area contributed by atoms with Gasteiger partial charge in [0.2, 0.25) is 17.8 Å². The van der Waals surface area contributed by atoms with Gasteiger partial charge in [0.15, 0.2) is 0 Å². The lowest BCUT2D eigenvalue weighted by atomic mass is 10.4. The molecule has 18 heavy (non-hydrogen) atoms. The van der Waals surface area contributed by atoms with Gasteiger partial charge in [0.25, 0.3) is 0 Å². The molecule has 1 aromatic rings. The van der Waals surface area contributed by atoms with Crippen LogP contribution in [-0.4, -0.2) is 49.2 Å². The summed E-state index contributed by atoms with van der Waals surface area (Å²) in [6.07, 6.45) is 2.11. The second-order valence-corrected chi connectivity index (χ2v) is 4.50. The molecular weight excluding hydrogens is 228 g/mol. The van der Waals surface area contributed by atoms with Crippen LogP contribution in [0.5, 0.6) is 0 Å². The Balaban J connectivity index is 2.97. The molecule has 0 saturated carbocycles. The Labute approximate surface area is 109 Å². The van der Waals surface area contributed by atoms with Crippen molar-refractivity contribution in [3.05, 3.63) is 0 Å².